The van der Waals surface area contributed by atoms with E-state index in [0.717, 1.165) is 33.8 Å². The largest absolute Gasteiger partial charge is 0.461 e. The molecular formula is C31H30FN3O4. The van der Waals surface area contributed by atoms with Gasteiger partial charge in [0.15, 0.2) is 0 Å². The van der Waals surface area contributed by atoms with E-state index >= 15 is 4.39 Å². The summed E-state index contributed by atoms with van der Waals surface area (Å²) in [6.45, 7) is 5.15. The molecule has 0 spiro atoms. The molecule has 200 valence electrons. The summed E-state index contributed by atoms with van der Waals surface area (Å²) in [6.07, 6.45) is -1.04. The van der Waals surface area contributed by atoms with Gasteiger partial charge < -0.3 is 19.8 Å². The van der Waals surface area contributed by atoms with E-state index in [9.17, 15) is 9.59 Å². The number of carbonyl (C=O) groups is 2. The normalized spacial score (nSPS) is 14.9. The highest BCUT2D eigenvalue weighted by Crippen LogP contribution is 2.29. The molecule has 0 radical (unpaired) electrons. The zero-order valence-electron chi connectivity index (χ0n) is 21.9. The van der Waals surface area contributed by atoms with E-state index < -0.39 is 18.0 Å². The van der Waals surface area contributed by atoms with E-state index in [4.69, 9.17) is 9.15 Å². The van der Waals surface area contributed by atoms with Crippen LogP contribution in [0, 0.1) is 12.7 Å². The minimum atomic E-state index is -0.559. The summed E-state index contributed by atoms with van der Waals surface area (Å²) in [5.41, 5.74) is 4.84. The lowest BCUT2D eigenvalue weighted by atomic mass is 10.0. The topological polar surface area (TPSA) is 83.8 Å². The number of rotatable bonds is 9. The summed E-state index contributed by atoms with van der Waals surface area (Å²) >= 11 is 0. The standard InChI is InChI=1S/C31H30FN3O4/c1-20-25(14-30(38-20)24-6-4-3-5-7-24)17-33-16-22-8-10-23(11-9-22)28-13-12-26(15-29(28)32)35-19-27(39-31(35)37)18-34-21(2)36/h3-15,27,33H,16-19H2,1-2H3,(H,34,36)/t27-/m0/s1. The number of ether oxygens (including phenoxy) is 1. The predicted octanol–water partition coefficient (Wildman–Crippen LogP) is 5.81. The van der Waals surface area contributed by atoms with Gasteiger partial charge in [-0.3, -0.25) is 9.69 Å². The van der Waals surface area contributed by atoms with Gasteiger partial charge in [-0.1, -0.05) is 54.6 Å². The first-order chi connectivity index (χ1) is 18.9. The number of hydrogen-bond donors (Lipinski definition) is 2. The lowest BCUT2D eigenvalue weighted by Crippen LogP contribution is -2.33. The van der Waals surface area contributed by atoms with Crippen LogP contribution >= 0.6 is 0 Å². The Hall–Kier alpha value is -4.43. The first-order valence-corrected chi connectivity index (χ1v) is 12.8. The number of carbonyl (C=O) groups excluding carboxylic acids is 2. The van der Waals surface area contributed by atoms with E-state index in [2.05, 4.69) is 16.7 Å². The van der Waals surface area contributed by atoms with Crippen molar-refractivity contribution in [1.29, 1.82) is 0 Å². The zero-order valence-corrected chi connectivity index (χ0v) is 21.9. The van der Waals surface area contributed by atoms with Crippen molar-refractivity contribution in [2.24, 2.45) is 0 Å². The Bertz CT molecular complexity index is 1470. The third-order valence-electron chi connectivity index (χ3n) is 6.71. The molecule has 4 aromatic rings. The van der Waals surface area contributed by atoms with Crippen LogP contribution in [0.1, 0.15) is 23.8 Å². The van der Waals surface area contributed by atoms with Crippen molar-refractivity contribution in [2.45, 2.75) is 33.0 Å². The number of nitrogens with one attached hydrogen (secondary N) is 2. The number of hydrogen-bond acceptors (Lipinski definition) is 5. The Morgan fingerprint density at radius 2 is 1.77 bits per heavy atom. The molecule has 1 atom stereocenters. The highest BCUT2D eigenvalue weighted by atomic mass is 19.1. The number of aryl methyl sites for hydroxylation is 1. The maximum absolute atomic E-state index is 15.1. The average Bonchev–Trinajstić information content (AvgIpc) is 3.50. The van der Waals surface area contributed by atoms with Gasteiger partial charge in [-0.15, -0.1) is 0 Å². The molecule has 1 fully saturated rings. The first-order valence-electron chi connectivity index (χ1n) is 12.8. The molecule has 8 heteroatoms. The molecule has 0 aliphatic carbocycles. The molecule has 2 heterocycles. The van der Waals surface area contributed by atoms with Crippen LogP contribution in [-0.2, 0) is 22.6 Å². The van der Waals surface area contributed by atoms with Crippen LogP contribution in [0.15, 0.2) is 83.3 Å². The van der Waals surface area contributed by atoms with E-state index in [1.54, 1.807) is 12.1 Å². The van der Waals surface area contributed by atoms with Crippen molar-refractivity contribution in [3.05, 3.63) is 102 Å². The highest BCUT2D eigenvalue weighted by molar-refractivity contribution is 5.90. The van der Waals surface area contributed by atoms with Crippen LogP contribution in [-0.4, -0.2) is 31.2 Å². The first kappa shape index (κ1) is 26.2. The van der Waals surface area contributed by atoms with E-state index in [1.165, 1.54) is 17.9 Å². The van der Waals surface area contributed by atoms with Gasteiger partial charge in [0.2, 0.25) is 5.91 Å². The van der Waals surface area contributed by atoms with E-state index in [-0.39, 0.29) is 19.0 Å². The number of anilines is 1. The molecule has 2 N–H and O–H groups in total. The fraction of sp³-hybridized carbons (Fsp3) is 0.226. The second-order valence-electron chi connectivity index (χ2n) is 9.58. The predicted molar refractivity (Wildman–Crippen MR) is 148 cm³/mol. The lowest BCUT2D eigenvalue weighted by molar-refractivity contribution is -0.119. The molecule has 1 aliphatic heterocycles. The SMILES string of the molecule is CC(=O)NC[C@H]1CN(c2ccc(-c3ccc(CNCc4cc(-c5ccccc5)oc4C)cc3)c(F)c2)C(=O)O1. The zero-order chi connectivity index (χ0) is 27.4. The molecule has 2 amide bonds. The van der Waals surface area contributed by atoms with Crippen LogP contribution < -0.4 is 15.5 Å². The van der Waals surface area contributed by atoms with Gasteiger partial charge in [0, 0.05) is 36.7 Å². The van der Waals surface area contributed by atoms with Crippen molar-refractivity contribution in [2.75, 3.05) is 18.0 Å². The molecule has 7 nitrogen and oxygen atoms in total. The van der Waals surface area contributed by atoms with E-state index in [1.807, 2.05) is 61.5 Å². The molecule has 0 saturated carbocycles. The Morgan fingerprint density at radius 3 is 2.49 bits per heavy atom. The van der Waals surface area contributed by atoms with Crippen LogP contribution in [0.2, 0.25) is 0 Å². The fourth-order valence-corrected chi connectivity index (χ4v) is 4.59. The molecule has 1 aliphatic rings. The molecule has 39 heavy (non-hydrogen) atoms. The Labute approximate surface area is 226 Å². The third-order valence-corrected chi connectivity index (χ3v) is 6.71. The smallest absolute Gasteiger partial charge is 0.414 e. The summed E-state index contributed by atoms with van der Waals surface area (Å²) in [5.74, 6) is 1.11. The maximum atomic E-state index is 15.1. The Morgan fingerprint density at radius 1 is 1.00 bits per heavy atom. The summed E-state index contributed by atoms with van der Waals surface area (Å²) in [7, 11) is 0. The van der Waals surface area contributed by atoms with E-state index in [0.29, 0.717) is 24.3 Å². The molecule has 3 aromatic carbocycles. The quantitative estimate of drug-likeness (QED) is 0.287. The van der Waals surface area contributed by atoms with Gasteiger partial charge in [0.25, 0.3) is 0 Å². The van der Waals surface area contributed by atoms with Gasteiger partial charge >= 0.3 is 6.09 Å². The van der Waals surface area contributed by atoms with Gasteiger partial charge in [0.05, 0.1) is 18.8 Å². The Balaban J connectivity index is 1.18. The van der Waals surface area contributed by atoms with Crippen molar-refractivity contribution in [1.82, 2.24) is 10.6 Å². The molecule has 0 unspecified atom stereocenters. The van der Waals surface area contributed by atoms with Crippen molar-refractivity contribution in [3.8, 4) is 22.5 Å². The highest BCUT2D eigenvalue weighted by Gasteiger charge is 2.32. The molecule has 1 saturated heterocycles. The van der Waals surface area contributed by atoms with Crippen LogP contribution in [0.25, 0.3) is 22.5 Å². The second-order valence-corrected chi connectivity index (χ2v) is 9.58. The Kier molecular flexibility index (Phi) is 7.74. The summed E-state index contributed by atoms with van der Waals surface area (Å²) in [6, 6.07) is 24.5. The molecule has 1 aromatic heterocycles. The molecule has 5 rings (SSSR count). The average molecular weight is 528 g/mol. The number of furan rings is 1. The number of amides is 2. The summed E-state index contributed by atoms with van der Waals surface area (Å²) in [4.78, 5) is 24.7. The molecule has 0 bridgehead atoms. The van der Waals surface area contributed by atoms with Gasteiger partial charge in [-0.05, 0) is 42.3 Å². The van der Waals surface area contributed by atoms with Crippen LogP contribution in [0.4, 0.5) is 14.9 Å². The number of benzene rings is 3. The monoisotopic (exact) mass is 527 g/mol. The summed E-state index contributed by atoms with van der Waals surface area (Å²) < 4.78 is 26.3. The minimum absolute atomic E-state index is 0.202. The van der Waals surface area contributed by atoms with Gasteiger partial charge in [0.1, 0.15) is 23.4 Å². The lowest BCUT2D eigenvalue weighted by Gasteiger charge is -2.15. The second kappa shape index (κ2) is 11.5. The fourth-order valence-electron chi connectivity index (χ4n) is 4.59. The number of nitrogens with zero attached hydrogens (tertiary/aromatic N) is 1. The summed E-state index contributed by atoms with van der Waals surface area (Å²) in [5, 5.41) is 6.08. The number of cyclic esters (lactones) is 1. The van der Waals surface area contributed by atoms with Crippen molar-refractivity contribution in [3.63, 3.8) is 0 Å². The molecular weight excluding hydrogens is 497 g/mol. The third kappa shape index (κ3) is 6.18. The van der Waals surface area contributed by atoms with Crippen molar-refractivity contribution < 1.29 is 23.1 Å². The maximum Gasteiger partial charge on any atom is 0.414 e. The van der Waals surface area contributed by atoms with Crippen LogP contribution in [0.5, 0.6) is 0 Å². The number of halogens is 1. The van der Waals surface area contributed by atoms with Crippen LogP contribution in [0.3, 0.4) is 0 Å². The van der Waals surface area contributed by atoms with Gasteiger partial charge in [-0.25, -0.2) is 9.18 Å². The van der Waals surface area contributed by atoms with Gasteiger partial charge in [-0.2, -0.15) is 0 Å². The minimum Gasteiger partial charge on any atom is -0.461 e. The van der Waals surface area contributed by atoms with Crippen molar-refractivity contribution >= 4 is 17.7 Å².